The van der Waals surface area contributed by atoms with Crippen LogP contribution in [-0.2, 0) is 20.7 Å². The minimum absolute atomic E-state index is 0.0426. The molecule has 4 nitrogen and oxygen atoms in total. The Labute approximate surface area is 161 Å². The number of carbonyl (C=O) groups is 1. The van der Waals surface area contributed by atoms with Gasteiger partial charge >= 0.3 is 5.97 Å². The molecule has 1 unspecified atom stereocenters. The van der Waals surface area contributed by atoms with Gasteiger partial charge in [0.1, 0.15) is 4.88 Å². The minimum atomic E-state index is -3.38. The summed E-state index contributed by atoms with van der Waals surface area (Å²) in [5.41, 5.74) is 0.279. The van der Waals surface area contributed by atoms with E-state index in [9.17, 15) is 14.5 Å². The van der Waals surface area contributed by atoms with Crippen molar-refractivity contribution in [2.75, 3.05) is 7.11 Å². The van der Waals surface area contributed by atoms with E-state index in [1.807, 2.05) is 20.8 Å². The van der Waals surface area contributed by atoms with Gasteiger partial charge in [-0.15, -0.1) is 11.3 Å². The fraction of sp³-hybridized carbons (Fsp3) is 0.353. The molecule has 136 valence electrons. The van der Waals surface area contributed by atoms with Crippen LogP contribution < -0.4 is 5.30 Å². The van der Waals surface area contributed by atoms with Crippen LogP contribution in [0.5, 0.6) is 0 Å². The maximum Gasteiger partial charge on any atom is 0.346 e. The molecule has 1 N–H and O–H groups in total. The van der Waals surface area contributed by atoms with Crippen molar-refractivity contribution in [3.63, 3.8) is 0 Å². The summed E-state index contributed by atoms with van der Waals surface area (Å²) in [6.07, 6.45) is -0.0426. The van der Waals surface area contributed by atoms with Crippen molar-refractivity contribution in [2.45, 2.75) is 32.3 Å². The third-order valence-electron chi connectivity index (χ3n) is 3.69. The molecule has 0 amide bonds. The molecule has 8 heteroatoms. The Kier molecular flexibility index (Phi) is 6.07. The van der Waals surface area contributed by atoms with Crippen molar-refractivity contribution >= 4 is 53.2 Å². The maximum absolute atomic E-state index is 13.4. The molecule has 2 aromatic rings. The van der Waals surface area contributed by atoms with Crippen molar-refractivity contribution in [3.05, 3.63) is 49.6 Å². The molecule has 1 heterocycles. The smallest absolute Gasteiger partial charge is 0.346 e. The van der Waals surface area contributed by atoms with Crippen molar-refractivity contribution in [3.8, 4) is 0 Å². The monoisotopic (exact) mass is 420 g/mol. The normalized spacial score (nSPS) is 14.3. The molecule has 0 fully saturated rings. The second-order valence-corrected chi connectivity index (χ2v) is 11.0. The third-order valence-corrected chi connectivity index (χ3v) is 8.43. The van der Waals surface area contributed by atoms with Crippen LogP contribution in [0.15, 0.2) is 24.3 Å². The van der Waals surface area contributed by atoms with Gasteiger partial charge in [-0.25, -0.2) is 4.79 Å². The highest BCUT2D eigenvalue weighted by molar-refractivity contribution is 7.66. The molecule has 0 aliphatic carbocycles. The lowest BCUT2D eigenvalue weighted by atomic mass is 9.94. The molecule has 0 aliphatic heterocycles. The number of carboxylic acids is 1. The van der Waals surface area contributed by atoms with Gasteiger partial charge in [0, 0.05) is 17.0 Å². The Morgan fingerprint density at radius 2 is 1.92 bits per heavy atom. The molecule has 1 aromatic heterocycles. The van der Waals surface area contributed by atoms with Crippen LogP contribution in [-0.4, -0.2) is 18.2 Å². The van der Waals surface area contributed by atoms with Gasteiger partial charge in [-0.2, -0.15) is 0 Å². The number of aromatic carboxylic acids is 1. The summed E-state index contributed by atoms with van der Waals surface area (Å²) in [7, 11) is -2.05. The van der Waals surface area contributed by atoms with E-state index < -0.39 is 13.3 Å². The fourth-order valence-electron chi connectivity index (χ4n) is 2.33. The zero-order valence-electron chi connectivity index (χ0n) is 14.3. The number of hydrogen-bond donors (Lipinski definition) is 1. The number of benzene rings is 1. The highest BCUT2D eigenvalue weighted by Gasteiger charge is 2.32. The zero-order chi connectivity index (χ0) is 19.0. The highest BCUT2D eigenvalue weighted by Crippen LogP contribution is 2.52. The Morgan fingerprint density at radius 1 is 1.28 bits per heavy atom. The summed E-state index contributed by atoms with van der Waals surface area (Å²) in [5.74, 6) is -1.04. The second kappa shape index (κ2) is 7.42. The first-order valence-electron chi connectivity index (χ1n) is 7.45. The summed E-state index contributed by atoms with van der Waals surface area (Å²) in [5, 5.41) is 10.5. The standard InChI is InChI=1S/C17H19Cl2O4PS/c1-17(2,3)14-7-10(15(25-14)16(20)21)9-24(22,23-4)13-6-5-11(18)8-12(13)19/h5-8H,9H2,1-4H3,(H,20,21). The van der Waals surface area contributed by atoms with Crippen LogP contribution in [0.2, 0.25) is 10.0 Å². The number of carboxylic acid groups (broad SMARTS) is 1. The average Bonchev–Trinajstić information content (AvgIpc) is 2.91. The predicted octanol–water partition coefficient (Wildman–Crippen LogP) is 5.80. The van der Waals surface area contributed by atoms with Crippen LogP contribution in [0.1, 0.15) is 40.9 Å². The molecule has 0 saturated carbocycles. The van der Waals surface area contributed by atoms with Crippen molar-refractivity contribution in [1.82, 2.24) is 0 Å². The van der Waals surface area contributed by atoms with Crippen molar-refractivity contribution < 1.29 is 19.0 Å². The Balaban J connectivity index is 2.53. The van der Waals surface area contributed by atoms with Crippen LogP contribution in [0.4, 0.5) is 0 Å². The van der Waals surface area contributed by atoms with Crippen LogP contribution in [0, 0.1) is 0 Å². The summed E-state index contributed by atoms with van der Waals surface area (Å²) in [6.45, 7) is 6.00. The zero-order valence-corrected chi connectivity index (χ0v) is 17.5. The lowest BCUT2D eigenvalue weighted by Gasteiger charge is -2.18. The van der Waals surface area contributed by atoms with E-state index >= 15 is 0 Å². The van der Waals surface area contributed by atoms with Crippen molar-refractivity contribution in [1.29, 1.82) is 0 Å². The van der Waals surface area contributed by atoms with Gasteiger partial charge in [0.2, 0.25) is 7.37 Å². The molecule has 0 bridgehead atoms. The molecule has 0 spiro atoms. The first kappa shape index (κ1) is 20.5. The predicted molar refractivity (Wildman–Crippen MR) is 104 cm³/mol. The molecule has 0 saturated heterocycles. The topological polar surface area (TPSA) is 63.6 Å². The SMILES string of the molecule is COP(=O)(Cc1cc(C(C)(C)C)sc1C(=O)O)c1ccc(Cl)cc1Cl. The molecule has 25 heavy (non-hydrogen) atoms. The number of hydrogen-bond acceptors (Lipinski definition) is 4. The second-order valence-electron chi connectivity index (χ2n) is 6.63. The first-order chi connectivity index (χ1) is 11.5. The van der Waals surface area contributed by atoms with E-state index in [1.54, 1.807) is 18.2 Å². The number of thiophene rings is 1. The first-order valence-corrected chi connectivity index (χ1v) is 10.8. The van der Waals surface area contributed by atoms with Gasteiger partial charge in [0.15, 0.2) is 0 Å². The summed E-state index contributed by atoms with van der Waals surface area (Å²) in [6, 6.07) is 6.44. The lowest BCUT2D eigenvalue weighted by Crippen LogP contribution is -2.11. The average molecular weight is 421 g/mol. The third kappa shape index (κ3) is 4.47. The van der Waals surface area contributed by atoms with Crippen molar-refractivity contribution in [2.24, 2.45) is 0 Å². The maximum atomic E-state index is 13.4. The van der Waals surface area contributed by atoms with E-state index in [2.05, 4.69) is 0 Å². The van der Waals surface area contributed by atoms with Gasteiger partial charge < -0.3 is 9.63 Å². The molecular formula is C17H19Cl2O4PS. The van der Waals surface area contributed by atoms with Gasteiger partial charge in [0.05, 0.1) is 16.5 Å². The van der Waals surface area contributed by atoms with E-state index in [0.29, 0.717) is 15.9 Å². The minimum Gasteiger partial charge on any atom is -0.477 e. The number of halogens is 2. The Hall–Kier alpha value is -0.840. The van der Waals surface area contributed by atoms with Gasteiger partial charge in [-0.1, -0.05) is 44.0 Å². The van der Waals surface area contributed by atoms with Gasteiger partial charge in [-0.05, 0) is 35.2 Å². The van der Waals surface area contributed by atoms with Crippen LogP contribution in [0.3, 0.4) is 0 Å². The van der Waals surface area contributed by atoms with E-state index in [0.717, 1.165) is 4.88 Å². The van der Waals surface area contributed by atoms with Crippen LogP contribution >= 0.6 is 41.9 Å². The fourth-order valence-corrected chi connectivity index (χ4v) is 6.19. The molecule has 0 radical (unpaired) electrons. The molecular weight excluding hydrogens is 402 g/mol. The summed E-state index contributed by atoms with van der Waals surface area (Å²) < 4.78 is 18.7. The molecule has 1 atom stereocenters. The Morgan fingerprint density at radius 3 is 2.40 bits per heavy atom. The highest BCUT2D eigenvalue weighted by atomic mass is 35.5. The Bertz CT molecular complexity index is 855. The summed E-state index contributed by atoms with van der Waals surface area (Å²) >= 11 is 13.3. The molecule has 1 aromatic carbocycles. The van der Waals surface area contributed by atoms with E-state index in [1.165, 1.54) is 24.5 Å². The number of rotatable bonds is 5. The quantitative estimate of drug-likeness (QED) is 0.620. The molecule has 2 rings (SSSR count). The summed E-state index contributed by atoms with van der Waals surface area (Å²) in [4.78, 5) is 12.7. The lowest BCUT2D eigenvalue weighted by molar-refractivity contribution is 0.0701. The largest absolute Gasteiger partial charge is 0.477 e. The van der Waals surface area contributed by atoms with Gasteiger partial charge in [-0.3, -0.25) is 4.57 Å². The van der Waals surface area contributed by atoms with Gasteiger partial charge in [0.25, 0.3) is 0 Å². The van der Waals surface area contributed by atoms with Crippen LogP contribution in [0.25, 0.3) is 0 Å². The molecule has 0 aliphatic rings. The van der Waals surface area contributed by atoms with E-state index in [-0.39, 0.29) is 21.5 Å². The van der Waals surface area contributed by atoms with E-state index in [4.69, 9.17) is 27.7 Å².